The minimum atomic E-state index is -0.899. The van der Waals surface area contributed by atoms with Crippen LogP contribution in [0.4, 0.5) is 4.39 Å². The molecule has 5 nitrogen and oxygen atoms in total. The minimum absolute atomic E-state index is 0.0756. The van der Waals surface area contributed by atoms with E-state index in [9.17, 15) is 9.50 Å². The molecule has 0 amide bonds. The number of nitrogens with two attached hydrogens (primary N) is 1. The Hall–Kier alpha value is -1.31. The fourth-order valence-corrected chi connectivity index (χ4v) is 1.85. The van der Waals surface area contributed by atoms with Crippen LogP contribution in [0.1, 0.15) is 18.4 Å². The van der Waals surface area contributed by atoms with E-state index in [1.807, 2.05) is 0 Å². The molecule has 0 saturated carbocycles. The summed E-state index contributed by atoms with van der Waals surface area (Å²) in [5.74, 6) is -0.110. The van der Waals surface area contributed by atoms with Gasteiger partial charge < -0.3 is 15.4 Å². The van der Waals surface area contributed by atoms with Gasteiger partial charge in [0, 0.05) is 10.0 Å². The standard InChI is InChI=1S/C11H11BrFN3O2/c12-8-2-1-6(13)5-7(8)10-15-11(18-16-10)9(17)3-4-14/h1-2,5,9,17H,3-4,14H2/t9-/m0/s1. The molecule has 0 fully saturated rings. The predicted octanol–water partition coefficient (Wildman–Crippen LogP) is 2.02. The summed E-state index contributed by atoms with van der Waals surface area (Å²) in [7, 11) is 0. The number of aliphatic hydroxyl groups excluding tert-OH is 1. The van der Waals surface area contributed by atoms with Crippen molar-refractivity contribution in [1.29, 1.82) is 0 Å². The van der Waals surface area contributed by atoms with Gasteiger partial charge in [0.2, 0.25) is 5.82 Å². The Morgan fingerprint density at radius 3 is 3.00 bits per heavy atom. The summed E-state index contributed by atoms with van der Waals surface area (Å²) >= 11 is 3.27. The van der Waals surface area contributed by atoms with Gasteiger partial charge >= 0.3 is 0 Å². The lowest BCUT2D eigenvalue weighted by molar-refractivity contribution is 0.127. The topological polar surface area (TPSA) is 85.2 Å². The third-order valence-electron chi connectivity index (χ3n) is 2.34. The molecule has 2 rings (SSSR count). The summed E-state index contributed by atoms with van der Waals surface area (Å²) in [6.45, 7) is 0.308. The number of hydrogen-bond acceptors (Lipinski definition) is 5. The van der Waals surface area contributed by atoms with Crippen molar-refractivity contribution in [3.05, 3.63) is 34.4 Å². The number of rotatable bonds is 4. The lowest BCUT2D eigenvalue weighted by Crippen LogP contribution is -2.06. The van der Waals surface area contributed by atoms with Crippen molar-refractivity contribution in [3.63, 3.8) is 0 Å². The van der Waals surface area contributed by atoms with Crippen molar-refractivity contribution in [2.24, 2.45) is 5.73 Å². The van der Waals surface area contributed by atoms with E-state index in [1.54, 1.807) is 6.07 Å². The maximum absolute atomic E-state index is 13.1. The Morgan fingerprint density at radius 1 is 1.50 bits per heavy atom. The predicted molar refractivity (Wildman–Crippen MR) is 66.0 cm³/mol. The lowest BCUT2D eigenvalue weighted by atomic mass is 10.2. The highest BCUT2D eigenvalue weighted by molar-refractivity contribution is 9.10. The van der Waals surface area contributed by atoms with Crippen LogP contribution in [-0.2, 0) is 0 Å². The van der Waals surface area contributed by atoms with Crippen LogP contribution >= 0.6 is 15.9 Å². The first-order valence-electron chi connectivity index (χ1n) is 5.29. The molecule has 2 aromatic rings. The van der Waals surface area contributed by atoms with Crippen molar-refractivity contribution in [3.8, 4) is 11.4 Å². The van der Waals surface area contributed by atoms with E-state index in [0.717, 1.165) is 0 Å². The molecule has 0 aliphatic carbocycles. The number of benzene rings is 1. The van der Waals surface area contributed by atoms with E-state index in [2.05, 4.69) is 26.1 Å². The van der Waals surface area contributed by atoms with Gasteiger partial charge in [-0.25, -0.2) is 4.39 Å². The molecule has 0 aliphatic rings. The van der Waals surface area contributed by atoms with Crippen molar-refractivity contribution in [2.75, 3.05) is 6.54 Å². The molecule has 7 heteroatoms. The summed E-state index contributed by atoms with van der Waals surface area (Å²) in [5, 5.41) is 13.4. The Kier molecular flexibility index (Phi) is 4.05. The molecule has 1 atom stereocenters. The molecule has 96 valence electrons. The first kappa shape index (κ1) is 13.1. The number of nitrogens with zero attached hydrogens (tertiary/aromatic N) is 2. The van der Waals surface area contributed by atoms with Gasteiger partial charge in [-0.1, -0.05) is 21.1 Å². The van der Waals surface area contributed by atoms with Crippen LogP contribution in [0, 0.1) is 5.82 Å². The van der Waals surface area contributed by atoms with Crippen LogP contribution in [0.2, 0.25) is 0 Å². The molecule has 0 spiro atoms. The number of aliphatic hydroxyl groups is 1. The smallest absolute Gasteiger partial charge is 0.255 e. The average Bonchev–Trinajstić information content (AvgIpc) is 2.82. The zero-order valence-corrected chi connectivity index (χ0v) is 10.9. The normalized spacial score (nSPS) is 12.7. The Labute approximate surface area is 111 Å². The highest BCUT2D eigenvalue weighted by Gasteiger charge is 2.17. The molecule has 1 aromatic carbocycles. The molecular weight excluding hydrogens is 305 g/mol. The summed E-state index contributed by atoms with van der Waals surface area (Å²) in [6.07, 6.45) is -0.574. The first-order chi connectivity index (χ1) is 8.61. The minimum Gasteiger partial charge on any atom is -0.383 e. The van der Waals surface area contributed by atoms with Crippen LogP contribution in [0.5, 0.6) is 0 Å². The van der Waals surface area contributed by atoms with Gasteiger partial charge in [0.15, 0.2) is 0 Å². The lowest BCUT2D eigenvalue weighted by Gasteiger charge is -2.01. The molecular formula is C11H11BrFN3O2. The second kappa shape index (κ2) is 5.55. The van der Waals surface area contributed by atoms with E-state index >= 15 is 0 Å². The molecule has 0 bridgehead atoms. The molecule has 3 N–H and O–H groups in total. The van der Waals surface area contributed by atoms with E-state index in [4.69, 9.17) is 10.3 Å². The van der Waals surface area contributed by atoms with Gasteiger partial charge in [0.25, 0.3) is 5.89 Å². The van der Waals surface area contributed by atoms with Gasteiger partial charge in [-0.3, -0.25) is 0 Å². The van der Waals surface area contributed by atoms with E-state index in [0.29, 0.717) is 23.0 Å². The fourth-order valence-electron chi connectivity index (χ4n) is 1.43. The van der Waals surface area contributed by atoms with Gasteiger partial charge in [-0.2, -0.15) is 4.98 Å². The van der Waals surface area contributed by atoms with Gasteiger partial charge in [0.1, 0.15) is 11.9 Å². The third-order valence-corrected chi connectivity index (χ3v) is 3.03. The highest BCUT2D eigenvalue weighted by Crippen LogP contribution is 2.27. The van der Waals surface area contributed by atoms with Gasteiger partial charge in [-0.15, -0.1) is 0 Å². The van der Waals surface area contributed by atoms with Gasteiger partial charge in [0.05, 0.1) is 0 Å². The molecule has 0 aliphatic heterocycles. The van der Waals surface area contributed by atoms with E-state index in [1.165, 1.54) is 12.1 Å². The molecule has 1 aromatic heterocycles. The van der Waals surface area contributed by atoms with E-state index < -0.39 is 11.9 Å². The third kappa shape index (κ3) is 2.74. The van der Waals surface area contributed by atoms with Crippen molar-refractivity contribution < 1.29 is 14.0 Å². The maximum atomic E-state index is 13.1. The van der Waals surface area contributed by atoms with Crippen LogP contribution in [0.25, 0.3) is 11.4 Å². The number of hydrogen-bond donors (Lipinski definition) is 2. The van der Waals surface area contributed by atoms with Crippen molar-refractivity contribution in [1.82, 2.24) is 10.1 Å². The van der Waals surface area contributed by atoms with Gasteiger partial charge in [-0.05, 0) is 31.2 Å². The summed E-state index contributed by atoms with van der Waals surface area (Å²) in [5.41, 5.74) is 5.78. The Balaban J connectivity index is 2.32. The van der Waals surface area contributed by atoms with Crippen LogP contribution in [0.15, 0.2) is 27.2 Å². The summed E-state index contributed by atoms with van der Waals surface area (Å²) in [4.78, 5) is 4.02. The van der Waals surface area contributed by atoms with Crippen LogP contribution < -0.4 is 5.73 Å². The van der Waals surface area contributed by atoms with Crippen LogP contribution in [0.3, 0.4) is 0 Å². The van der Waals surface area contributed by atoms with E-state index in [-0.39, 0.29) is 11.7 Å². The second-order valence-electron chi connectivity index (χ2n) is 3.67. The second-order valence-corrected chi connectivity index (χ2v) is 4.53. The quantitative estimate of drug-likeness (QED) is 0.901. The molecule has 0 unspecified atom stereocenters. The summed E-state index contributed by atoms with van der Waals surface area (Å²) < 4.78 is 18.7. The zero-order valence-electron chi connectivity index (χ0n) is 9.31. The van der Waals surface area contributed by atoms with Crippen LogP contribution in [-0.4, -0.2) is 21.8 Å². The average molecular weight is 316 g/mol. The maximum Gasteiger partial charge on any atom is 0.255 e. The Bertz CT molecular complexity index is 547. The molecule has 18 heavy (non-hydrogen) atoms. The summed E-state index contributed by atoms with van der Waals surface area (Å²) in [6, 6.07) is 4.16. The van der Waals surface area contributed by atoms with Crippen molar-refractivity contribution in [2.45, 2.75) is 12.5 Å². The SMILES string of the molecule is NCC[C@H](O)c1nc(-c2cc(F)ccc2Br)no1. The Morgan fingerprint density at radius 2 is 2.28 bits per heavy atom. The highest BCUT2D eigenvalue weighted by atomic mass is 79.9. The zero-order chi connectivity index (χ0) is 13.1. The monoisotopic (exact) mass is 315 g/mol. The van der Waals surface area contributed by atoms with Crippen molar-refractivity contribution >= 4 is 15.9 Å². The molecule has 0 radical (unpaired) electrons. The molecule has 1 heterocycles. The largest absolute Gasteiger partial charge is 0.383 e. The number of aromatic nitrogens is 2. The fraction of sp³-hybridized carbons (Fsp3) is 0.273. The number of halogens is 2. The molecule has 0 saturated heterocycles. The first-order valence-corrected chi connectivity index (χ1v) is 6.08.